The Bertz CT molecular complexity index is 929. The monoisotopic (exact) mass is 289 g/mol. The molecule has 1 aliphatic rings. The third-order valence-corrected chi connectivity index (χ3v) is 3.89. The highest BCUT2D eigenvalue weighted by atomic mass is 16.3. The largest absolute Gasteiger partial charge is 0.508 e. The molecule has 3 aromatic rings. The molecule has 0 aromatic heterocycles. The normalized spacial score (nSPS) is 13.7. The summed E-state index contributed by atoms with van der Waals surface area (Å²) in [5, 5.41) is 11.1. The van der Waals surface area contributed by atoms with Crippen LogP contribution in [0, 0.1) is 0 Å². The van der Waals surface area contributed by atoms with Gasteiger partial charge in [-0.3, -0.25) is 9.59 Å². The molecule has 0 bridgehead atoms. The van der Waals surface area contributed by atoms with Gasteiger partial charge in [-0.15, -0.1) is 0 Å². The average molecular weight is 289 g/mol. The summed E-state index contributed by atoms with van der Waals surface area (Å²) in [6.45, 7) is 0. The van der Waals surface area contributed by atoms with Crippen molar-refractivity contribution in [3.8, 4) is 5.75 Å². The van der Waals surface area contributed by atoms with E-state index in [1.54, 1.807) is 18.2 Å². The summed E-state index contributed by atoms with van der Waals surface area (Å²) in [6, 6.07) is 17.1. The lowest BCUT2D eigenvalue weighted by Crippen LogP contribution is -2.29. The molecule has 4 nitrogen and oxygen atoms in total. The van der Waals surface area contributed by atoms with E-state index in [1.807, 2.05) is 30.3 Å². The van der Waals surface area contributed by atoms with Crippen molar-refractivity contribution in [2.24, 2.45) is 0 Å². The van der Waals surface area contributed by atoms with E-state index in [4.69, 9.17) is 0 Å². The molecule has 4 heteroatoms. The Morgan fingerprint density at radius 2 is 1.50 bits per heavy atom. The standard InChI is InChI=1S/C18H11NO3/c20-13-8-6-12(7-9-13)19-17(21)15-10-5-11-3-1-2-4-14(11)16(15)18(19)22/h1-10,20H. The lowest BCUT2D eigenvalue weighted by Gasteiger charge is -2.13. The molecule has 0 fully saturated rings. The van der Waals surface area contributed by atoms with Crippen molar-refractivity contribution >= 4 is 28.3 Å². The van der Waals surface area contributed by atoms with Crippen LogP contribution in [0.25, 0.3) is 10.8 Å². The minimum absolute atomic E-state index is 0.0887. The molecule has 0 radical (unpaired) electrons. The Labute approximate surface area is 126 Å². The number of phenols is 1. The first-order valence-corrected chi connectivity index (χ1v) is 6.86. The van der Waals surface area contributed by atoms with Crippen LogP contribution >= 0.6 is 0 Å². The van der Waals surface area contributed by atoms with Crippen molar-refractivity contribution < 1.29 is 14.7 Å². The number of phenolic OH excluding ortho intramolecular Hbond substituents is 1. The molecular formula is C18H11NO3. The molecule has 3 aromatic carbocycles. The van der Waals surface area contributed by atoms with Crippen LogP contribution in [0.5, 0.6) is 5.75 Å². The van der Waals surface area contributed by atoms with Crippen LogP contribution in [0.15, 0.2) is 60.7 Å². The number of amides is 2. The lowest BCUT2D eigenvalue weighted by atomic mass is 10.0. The number of hydrogen-bond donors (Lipinski definition) is 1. The second-order valence-corrected chi connectivity index (χ2v) is 5.17. The van der Waals surface area contributed by atoms with E-state index in [2.05, 4.69) is 0 Å². The van der Waals surface area contributed by atoms with Crippen molar-refractivity contribution in [2.75, 3.05) is 4.90 Å². The van der Waals surface area contributed by atoms with Gasteiger partial charge in [0.2, 0.25) is 0 Å². The van der Waals surface area contributed by atoms with Crippen LogP contribution in [0.1, 0.15) is 20.7 Å². The van der Waals surface area contributed by atoms with Gasteiger partial charge >= 0.3 is 0 Å². The van der Waals surface area contributed by atoms with E-state index in [1.165, 1.54) is 12.1 Å². The number of rotatable bonds is 1. The van der Waals surface area contributed by atoms with E-state index < -0.39 is 0 Å². The SMILES string of the molecule is O=C1c2ccc3ccccc3c2C(=O)N1c1ccc(O)cc1. The van der Waals surface area contributed by atoms with Gasteiger partial charge in [0.05, 0.1) is 16.8 Å². The Balaban J connectivity index is 1.93. The lowest BCUT2D eigenvalue weighted by molar-refractivity contribution is 0.0926. The number of hydrogen-bond acceptors (Lipinski definition) is 3. The zero-order valence-electron chi connectivity index (χ0n) is 11.5. The van der Waals surface area contributed by atoms with Crippen LogP contribution in [0.2, 0.25) is 0 Å². The molecule has 0 spiro atoms. The summed E-state index contributed by atoms with van der Waals surface area (Å²) in [6.07, 6.45) is 0. The van der Waals surface area contributed by atoms with Gasteiger partial charge in [-0.25, -0.2) is 4.90 Å². The quantitative estimate of drug-likeness (QED) is 0.699. The van der Waals surface area contributed by atoms with Crippen molar-refractivity contribution in [1.82, 2.24) is 0 Å². The molecular weight excluding hydrogens is 278 g/mol. The summed E-state index contributed by atoms with van der Waals surface area (Å²) in [5.74, 6) is -0.579. The van der Waals surface area contributed by atoms with Gasteiger partial charge < -0.3 is 5.11 Å². The van der Waals surface area contributed by atoms with Crippen LogP contribution in [0.4, 0.5) is 5.69 Å². The van der Waals surface area contributed by atoms with Gasteiger partial charge in [-0.2, -0.15) is 0 Å². The summed E-state index contributed by atoms with van der Waals surface area (Å²) in [4.78, 5) is 26.5. The van der Waals surface area contributed by atoms with E-state index in [9.17, 15) is 14.7 Å². The molecule has 2 amide bonds. The van der Waals surface area contributed by atoms with Crippen molar-refractivity contribution in [2.45, 2.75) is 0 Å². The number of imide groups is 1. The third kappa shape index (κ3) is 1.64. The fourth-order valence-electron chi connectivity index (χ4n) is 2.84. The van der Waals surface area contributed by atoms with Crippen molar-refractivity contribution in [3.63, 3.8) is 0 Å². The van der Waals surface area contributed by atoms with Gasteiger partial charge in [0, 0.05) is 0 Å². The number of carbonyl (C=O) groups excluding carboxylic acids is 2. The molecule has 0 saturated carbocycles. The van der Waals surface area contributed by atoms with Crippen molar-refractivity contribution in [3.05, 3.63) is 71.8 Å². The van der Waals surface area contributed by atoms with Crippen LogP contribution in [-0.4, -0.2) is 16.9 Å². The fourth-order valence-corrected chi connectivity index (χ4v) is 2.84. The van der Waals surface area contributed by atoms with Crippen LogP contribution in [0.3, 0.4) is 0 Å². The molecule has 0 saturated heterocycles. The zero-order chi connectivity index (χ0) is 15.3. The number of benzene rings is 3. The first-order chi connectivity index (χ1) is 10.7. The number of fused-ring (bicyclic) bond motifs is 3. The van der Waals surface area contributed by atoms with Gasteiger partial charge in [0.25, 0.3) is 11.8 Å². The minimum atomic E-state index is -0.337. The van der Waals surface area contributed by atoms with Gasteiger partial charge in [0.1, 0.15) is 5.75 Å². The molecule has 4 rings (SSSR count). The highest BCUT2D eigenvalue weighted by molar-refractivity contribution is 6.37. The smallest absolute Gasteiger partial charge is 0.266 e. The number of aromatic hydroxyl groups is 1. The van der Waals surface area contributed by atoms with Crippen LogP contribution < -0.4 is 4.90 Å². The molecule has 0 atom stereocenters. The van der Waals surface area contributed by atoms with E-state index in [-0.39, 0.29) is 17.6 Å². The molecule has 1 aliphatic heterocycles. The molecule has 106 valence electrons. The second-order valence-electron chi connectivity index (χ2n) is 5.17. The predicted octanol–water partition coefficient (Wildman–Crippen LogP) is 3.35. The maximum Gasteiger partial charge on any atom is 0.266 e. The number of nitrogens with zero attached hydrogens (tertiary/aromatic N) is 1. The third-order valence-electron chi connectivity index (χ3n) is 3.89. The summed E-state index contributed by atoms with van der Waals surface area (Å²) < 4.78 is 0. The molecule has 1 heterocycles. The molecule has 0 aliphatic carbocycles. The zero-order valence-corrected chi connectivity index (χ0v) is 11.5. The molecule has 22 heavy (non-hydrogen) atoms. The number of anilines is 1. The highest BCUT2D eigenvalue weighted by Crippen LogP contribution is 2.33. The highest BCUT2D eigenvalue weighted by Gasteiger charge is 2.37. The van der Waals surface area contributed by atoms with Crippen LogP contribution in [-0.2, 0) is 0 Å². The second kappa shape index (κ2) is 4.43. The summed E-state index contributed by atoms with van der Waals surface area (Å²) in [7, 11) is 0. The Hall–Kier alpha value is -3.14. The van der Waals surface area contributed by atoms with E-state index in [0.717, 1.165) is 15.7 Å². The fraction of sp³-hybridized carbons (Fsp3) is 0. The van der Waals surface area contributed by atoms with Gasteiger partial charge in [-0.1, -0.05) is 30.3 Å². The molecule has 0 unspecified atom stereocenters. The summed E-state index contributed by atoms with van der Waals surface area (Å²) >= 11 is 0. The molecule has 1 N–H and O–H groups in total. The minimum Gasteiger partial charge on any atom is -0.508 e. The first-order valence-electron chi connectivity index (χ1n) is 6.86. The van der Waals surface area contributed by atoms with Gasteiger partial charge in [0.15, 0.2) is 0 Å². The van der Waals surface area contributed by atoms with E-state index >= 15 is 0 Å². The average Bonchev–Trinajstić information content (AvgIpc) is 2.80. The van der Waals surface area contributed by atoms with E-state index in [0.29, 0.717) is 16.8 Å². The maximum absolute atomic E-state index is 12.7. The topological polar surface area (TPSA) is 57.6 Å². The predicted molar refractivity (Wildman–Crippen MR) is 83.2 cm³/mol. The number of carbonyl (C=O) groups is 2. The Kier molecular flexibility index (Phi) is 2.53. The summed E-state index contributed by atoms with van der Waals surface area (Å²) in [5.41, 5.74) is 1.31. The maximum atomic E-state index is 12.7. The van der Waals surface area contributed by atoms with Crippen molar-refractivity contribution in [1.29, 1.82) is 0 Å². The Morgan fingerprint density at radius 1 is 0.773 bits per heavy atom. The first kappa shape index (κ1) is 12.6. The Morgan fingerprint density at radius 3 is 2.27 bits per heavy atom. The van der Waals surface area contributed by atoms with Gasteiger partial charge in [-0.05, 0) is 41.1 Å².